The van der Waals surface area contributed by atoms with Crippen molar-refractivity contribution >= 4 is 0 Å². The monoisotopic (exact) mass is 258 g/mol. The van der Waals surface area contributed by atoms with Crippen molar-refractivity contribution < 1.29 is 4.74 Å². The van der Waals surface area contributed by atoms with E-state index in [0.717, 1.165) is 18.7 Å². The fourth-order valence-corrected chi connectivity index (χ4v) is 2.36. The van der Waals surface area contributed by atoms with Crippen molar-refractivity contribution in [1.29, 1.82) is 0 Å². The molecular formula is C16H22N2O. The minimum atomic E-state index is 0.607. The molecule has 0 N–H and O–H groups in total. The van der Waals surface area contributed by atoms with Crippen LogP contribution in [0.3, 0.4) is 0 Å². The lowest BCUT2D eigenvalue weighted by Crippen LogP contribution is -2.01. The highest BCUT2D eigenvalue weighted by Crippen LogP contribution is 2.19. The van der Waals surface area contributed by atoms with Gasteiger partial charge in [0.25, 0.3) is 0 Å². The second-order valence-corrected chi connectivity index (χ2v) is 5.11. The first-order chi connectivity index (χ1) is 9.10. The maximum absolute atomic E-state index is 5.84. The Balaban J connectivity index is 2.05. The third-order valence-electron chi connectivity index (χ3n) is 3.29. The Morgan fingerprint density at radius 1 is 1.16 bits per heavy atom. The van der Waals surface area contributed by atoms with E-state index in [1.807, 2.05) is 10.9 Å². The summed E-state index contributed by atoms with van der Waals surface area (Å²) in [5.41, 5.74) is 5.15. The van der Waals surface area contributed by atoms with E-state index in [4.69, 9.17) is 4.74 Å². The number of aromatic nitrogens is 2. The van der Waals surface area contributed by atoms with E-state index in [0.29, 0.717) is 6.61 Å². The summed E-state index contributed by atoms with van der Waals surface area (Å²) in [5.74, 6) is 0.841. The summed E-state index contributed by atoms with van der Waals surface area (Å²) < 4.78 is 7.76. The Hall–Kier alpha value is -1.77. The van der Waals surface area contributed by atoms with Crippen LogP contribution in [0.5, 0.6) is 5.75 Å². The van der Waals surface area contributed by atoms with Gasteiger partial charge in [0.2, 0.25) is 0 Å². The number of ether oxygens (including phenoxy) is 1. The average molecular weight is 258 g/mol. The molecule has 3 heteroatoms. The van der Waals surface area contributed by atoms with Crippen molar-refractivity contribution in [2.75, 3.05) is 0 Å². The van der Waals surface area contributed by atoms with E-state index in [2.05, 4.69) is 44.9 Å². The summed E-state index contributed by atoms with van der Waals surface area (Å²) in [6.45, 7) is 10.1. The van der Waals surface area contributed by atoms with Gasteiger partial charge in [-0.25, -0.2) is 0 Å². The van der Waals surface area contributed by atoms with Crippen LogP contribution in [0.25, 0.3) is 0 Å². The first-order valence-corrected chi connectivity index (χ1v) is 6.82. The van der Waals surface area contributed by atoms with Gasteiger partial charge in [0.15, 0.2) is 5.75 Å². The van der Waals surface area contributed by atoms with Crippen LogP contribution in [-0.4, -0.2) is 9.78 Å². The van der Waals surface area contributed by atoms with Crippen molar-refractivity contribution in [3.05, 3.63) is 46.8 Å². The van der Waals surface area contributed by atoms with Gasteiger partial charge in [-0.05, 0) is 43.9 Å². The van der Waals surface area contributed by atoms with Gasteiger partial charge in [0, 0.05) is 6.54 Å². The maximum Gasteiger partial charge on any atom is 0.157 e. The Morgan fingerprint density at radius 3 is 2.47 bits per heavy atom. The van der Waals surface area contributed by atoms with Crippen molar-refractivity contribution in [3.8, 4) is 5.75 Å². The third kappa shape index (κ3) is 3.37. The molecule has 0 radical (unpaired) electrons. The van der Waals surface area contributed by atoms with Crippen LogP contribution in [0.1, 0.15) is 35.6 Å². The molecular weight excluding hydrogens is 236 g/mol. The predicted octanol–water partition coefficient (Wildman–Crippen LogP) is 3.80. The summed E-state index contributed by atoms with van der Waals surface area (Å²) in [6, 6.07) is 4.40. The Bertz CT molecular complexity index is 535. The normalized spacial score (nSPS) is 10.7. The number of hydrogen-bond donors (Lipinski definition) is 0. The minimum absolute atomic E-state index is 0.607. The molecule has 1 aromatic heterocycles. The van der Waals surface area contributed by atoms with Crippen LogP contribution in [0, 0.1) is 20.8 Å². The highest BCUT2D eigenvalue weighted by Gasteiger charge is 2.06. The number of rotatable bonds is 5. The molecule has 0 saturated carbocycles. The summed E-state index contributed by atoms with van der Waals surface area (Å²) in [7, 11) is 0. The second-order valence-electron chi connectivity index (χ2n) is 5.11. The number of nitrogens with zero attached hydrogens (tertiary/aromatic N) is 2. The van der Waals surface area contributed by atoms with E-state index in [-0.39, 0.29) is 0 Å². The summed E-state index contributed by atoms with van der Waals surface area (Å²) in [4.78, 5) is 0. The maximum atomic E-state index is 5.84. The van der Waals surface area contributed by atoms with Crippen LogP contribution in [-0.2, 0) is 13.2 Å². The molecule has 0 amide bonds. The van der Waals surface area contributed by atoms with Crippen molar-refractivity contribution in [2.24, 2.45) is 0 Å². The molecule has 19 heavy (non-hydrogen) atoms. The molecule has 102 valence electrons. The van der Waals surface area contributed by atoms with Gasteiger partial charge in [-0.3, -0.25) is 4.68 Å². The van der Waals surface area contributed by atoms with Crippen LogP contribution < -0.4 is 4.74 Å². The minimum Gasteiger partial charge on any atom is -0.486 e. The zero-order valence-corrected chi connectivity index (χ0v) is 12.2. The quantitative estimate of drug-likeness (QED) is 0.815. The van der Waals surface area contributed by atoms with Crippen LogP contribution in [0.15, 0.2) is 24.5 Å². The fourth-order valence-electron chi connectivity index (χ4n) is 2.36. The molecule has 2 aromatic rings. The molecule has 3 nitrogen and oxygen atoms in total. The fraction of sp³-hybridized carbons (Fsp3) is 0.438. The molecule has 2 rings (SSSR count). The SMILES string of the molecule is CCCn1cc(OCc2c(C)cc(C)cc2C)cn1. The lowest BCUT2D eigenvalue weighted by atomic mass is 10.0. The second kappa shape index (κ2) is 5.91. The average Bonchev–Trinajstić information content (AvgIpc) is 2.76. The predicted molar refractivity (Wildman–Crippen MR) is 77.5 cm³/mol. The van der Waals surface area contributed by atoms with Crippen molar-refractivity contribution in [3.63, 3.8) is 0 Å². The summed E-state index contributed by atoms with van der Waals surface area (Å²) >= 11 is 0. The van der Waals surface area contributed by atoms with Gasteiger partial charge >= 0.3 is 0 Å². The largest absolute Gasteiger partial charge is 0.486 e. The van der Waals surface area contributed by atoms with Crippen LogP contribution in [0.2, 0.25) is 0 Å². The third-order valence-corrected chi connectivity index (χ3v) is 3.29. The topological polar surface area (TPSA) is 27.1 Å². The van der Waals surface area contributed by atoms with E-state index < -0.39 is 0 Å². The highest BCUT2D eigenvalue weighted by atomic mass is 16.5. The molecule has 1 heterocycles. The molecule has 0 unspecified atom stereocenters. The van der Waals surface area contributed by atoms with Crippen LogP contribution >= 0.6 is 0 Å². The molecule has 0 aliphatic heterocycles. The van der Waals surface area contributed by atoms with Gasteiger partial charge in [-0.15, -0.1) is 0 Å². The van der Waals surface area contributed by atoms with Gasteiger partial charge in [0.1, 0.15) is 6.61 Å². The number of benzene rings is 1. The van der Waals surface area contributed by atoms with Crippen molar-refractivity contribution in [1.82, 2.24) is 9.78 Å². The molecule has 0 spiro atoms. The van der Waals surface area contributed by atoms with Gasteiger partial charge in [0.05, 0.1) is 12.4 Å². The number of aryl methyl sites for hydroxylation is 4. The van der Waals surface area contributed by atoms with E-state index in [9.17, 15) is 0 Å². The molecule has 0 bridgehead atoms. The molecule has 0 aliphatic rings. The van der Waals surface area contributed by atoms with E-state index in [1.165, 1.54) is 22.3 Å². The Labute approximate surface area is 115 Å². The molecule has 0 atom stereocenters. The molecule has 0 aliphatic carbocycles. The lowest BCUT2D eigenvalue weighted by Gasteiger charge is -2.11. The molecule has 0 fully saturated rings. The summed E-state index contributed by atoms with van der Waals surface area (Å²) in [5, 5.41) is 4.27. The first-order valence-electron chi connectivity index (χ1n) is 6.82. The van der Waals surface area contributed by atoms with Crippen molar-refractivity contribution in [2.45, 2.75) is 47.3 Å². The zero-order valence-electron chi connectivity index (χ0n) is 12.2. The molecule has 1 aromatic carbocycles. The van der Waals surface area contributed by atoms with Gasteiger partial charge < -0.3 is 4.74 Å². The van der Waals surface area contributed by atoms with Crippen LogP contribution in [0.4, 0.5) is 0 Å². The Kier molecular flexibility index (Phi) is 4.25. The summed E-state index contributed by atoms with van der Waals surface area (Å²) in [6.07, 6.45) is 4.83. The standard InChI is InChI=1S/C16H22N2O/c1-5-6-18-10-15(9-17-18)19-11-16-13(3)7-12(2)8-14(16)4/h7-10H,5-6,11H2,1-4H3. The Morgan fingerprint density at radius 2 is 1.84 bits per heavy atom. The van der Waals surface area contributed by atoms with E-state index in [1.54, 1.807) is 6.20 Å². The zero-order chi connectivity index (χ0) is 13.8. The molecule has 0 saturated heterocycles. The van der Waals surface area contributed by atoms with Gasteiger partial charge in [-0.2, -0.15) is 5.10 Å². The smallest absolute Gasteiger partial charge is 0.157 e. The number of hydrogen-bond acceptors (Lipinski definition) is 2. The lowest BCUT2D eigenvalue weighted by molar-refractivity contribution is 0.304. The first kappa shape index (κ1) is 13.7. The van der Waals surface area contributed by atoms with Gasteiger partial charge in [-0.1, -0.05) is 24.6 Å². The highest BCUT2D eigenvalue weighted by molar-refractivity contribution is 5.37. The van der Waals surface area contributed by atoms with E-state index >= 15 is 0 Å².